The third kappa shape index (κ3) is 7.68. The monoisotopic (exact) mass is 1080 g/mol. The summed E-state index contributed by atoms with van der Waals surface area (Å²) in [4.78, 5) is 35.5. The van der Waals surface area contributed by atoms with Crippen LogP contribution in [-0.2, 0) is 14.3 Å². The van der Waals surface area contributed by atoms with Gasteiger partial charge < -0.3 is 0 Å². The van der Waals surface area contributed by atoms with Crippen LogP contribution < -0.4 is 75.0 Å². The van der Waals surface area contributed by atoms with E-state index >= 15 is 0 Å². The van der Waals surface area contributed by atoms with Crippen molar-refractivity contribution in [2.45, 2.75) is 49.4 Å². The standard InChI is InChI=1S/C25H27I5N5O3/c1-15-4-2-3-5-16(10-15)28-25-33-20-11-17(29-34(26)8-9-38-27)6-7-19(20)24(37)35(25)30-18-12-22-21(31-14-18)13-23(36)32-22/h6-7,11-12,14-16H,2-5,8-10,13H2,1H3,(H,32,36)/q-3. The van der Waals surface area contributed by atoms with Crippen LogP contribution in [0.3, 0.4) is 0 Å². The van der Waals surface area contributed by atoms with Gasteiger partial charge in [0.2, 0.25) is 0 Å². The summed E-state index contributed by atoms with van der Waals surface area (Å²) in [5.41, 5.74) is 2.47. The van der Waals surface area contributed by atoms with E-state index in [-0.39, 0.29) is 32.9 Å². The molecule has 2 unspecified atom stereocenters. The Balaban J connectivity index is 1.50. The fourth-order valence-corrected chi connectivity index (χ4v) is 15.1. The molecule has 3 aromatic rings. The molecule has 5 rings (SSSR count). The molecule has 0 saturated heterocycles. The van der Waals surface area contributed by atoms with Crippen molar-refractivity contribution in [1.29, 1.82) is 0 Å². The van der Waals surface area contributed by atoms with Gasteiger partial charge in [0, 0.05) is 0 Å². The van der Waals surface area contributed by atoms with Gasteiger partial charge in [0.05, 0.1) is 0 Å². The van der Waals surface area contributed by atoms with Crippen LogP contribution in [-0.4, -0.2) is 37.1 Å². The number of nitrogens with one attached hydrogen (secondary N) is 1. The average Bonchev–Trinajstić information content (AvgIpc) is 3.13. The molecule has 208 valence electrons. The molecule has 3 heterocycles. The Bertz CT molecular complexity index is 1390. The van der Waals surface area contributed by atoms with Crippen LogP contribution in [0.4, 0.5) is 5.69 Å². The molecule has 0 radical (unpaired) electrons. The van der Waals surface area contributed by atoms with Gasteiger partial charge in [-0.2, -0.15) is 0 Å². The van der Waals surface area contributed by atoms with Crippen molar-refractivity contribution in [2.24, 2.45) is 5.92 Å². The molecule has 13 heteroatoms. The summed E-state index contributed by atoms with van der Waals surface area (Å²) in [5, 5.41) is 3.60. The van der Waals surface area contributed by atoms with Gasteiger partial charge in [0.1, 0.15) is 0 Å². The molecule has 2 aliphatic rings. The first-order chi connectivity index (χ1) is 18.4. The van der Waals surface area contributed by atoms with Crippen LogP contribution in [0.5, 0.6) is 0 Å². The van der Waals surface area contributed by atoms with E-state index < -0.39 is 42.7 Å². The van der Waals surface area contributed by atoms with Crippen molar-refractivity contribution in [3.8, 4) is 0 Å². The number of fused-ring (bicyclic) bond motifs is 2. The predicted molar refractivity (Wildman–Crippen MR) is 151 cm³/mol. The number of carbonyl (C=O) groups is 1. The summed E-state index contributed by atoms with van der Waals surface area (Å²) in [6.07, 6.45) is 8.54. The fraction of sp³-hybridized carbons (Fsp3) is 0.440. The molecule has 2 aromatic heterocycles. The maximum atomic E-state index is 13.9. The number of carbonyl (C=O) groups excluding carboxylic acids is 1. The molecule has 1 fully saturated rings. The van der Waals surface area contributed by atoms with Crippen LogP contribution in [0.15, 0.2) is 35.3 Å². The van der Waals surface area contributed by atoms with E-state index in [1.54, 1.807) is 0 Å². The Kier molecular flexibility index (Phi) is 11.2. The summed E-state index contributed by atoms with van der Waals surface area (Å²) in [6.45, 7) is 3.94. The molecular formula is C25H27I5N5O3-3. The number of hydrogen-bond acceptors (Lipinski definition) is 6. The first-order valence-electron chi connectivity index (χ1n) is 12.4. The van der Waals surface area contributed by atoms with E-state index in [1.165, 1.54) is 35.7 Å². The second kappa shape index (κ2) is 14.1. The van der Waals surface area contributed by atoms with E-state index in [0.29, 0.717) is 22.3 Å². The number of anilines is 1. The first kappa shape index (κ1) is 30.0. The molecule has 1 aromatic carbocycles. The van der Waals surface area contributed by atoms with Crippen LogP contribution in [0.1, 0.15) is 44.7 Å². The van der Waals surface area contributed by atoms with Gasteiger partial charge in [0.15, 0.2) is 0 Å². The van der Waals surface area contributed by atoms with Crippen LogP contribution >= 0.6 is 45.9 Å². The summed E-state index contributed by atoms with van der Waals surface area (Å²) in [6, 6.07) is 8.20. The number of pyridine rings is 1. The maximum absolute atomic E-state index is 13.9. The second-order valence-corrected chi connectivity index (χ2v) is 21.9. The number of hydrogen-bond donors (Lipinski definition) is 1. The van der Waals surface area contributed by atoms with Gasteiger partial charge in [-0.15, -0.1) is 0 Å². The molecule has 0 spiro atoms. The Morgan fingerprint density at radius 3 is 2.89 bits per heavy atom. The zero-order valence-corrected chi connectivity index (χ0v) is 31.4. The number of benzene rings is 1. The van der Waals surface area contributed by atoms with Crippen molar-refractivity contribution in [2.75, 3.05) is 18.5 Å². The van der Waals surface area contributed by atoms with Crippen LogP contribution in [0, 0.1) is 16.9 Å². The van der Waals surface area contributed by atoms with Gasteiger partial charge >= 0.3 is 286 Å². The van der Waals surface area contributed by atoms with Crippen molar-refractivity contribution in [3.05, 3.63) is 57.5 Å². The summed E-state index contributed by atoms with van der Waals surface area (Å²) in [7, 11) is 0. The molecular weight excluding hydrogens is 1050 g/mol. The van der Waals surface area contributed by atoms with Gasteiger partial charge in [-0.3, -0.25) is 0 Å². The Hall–Kier alpha value is 0.550. The third-order valence-corrected chi connectivity index (χ3v) is 17.5. The number of aromatic nitrogens is 3. The summed E-state index contributed by atoms with van der Waals surface area (Å²) < 4.78 is 13.4. The van der Waals surface area contributed by atoms with Crippen LogP contribution in [0.2, 0.25) is 0 Å². The topological polar surface area (TPSA) is 89.3 Å². The van der Waals surface area contributed by atoms with Gasteiger partial charge in [-0.25, -0.2) is 0 Å². The van der Waals surface area contributed by atoms with Crippen LogP contribution in [0.25, 0.3) is 10.9 Å². The number of halogens is 5. The van der Waals surface area contributed by atoms with E-state index in [9.17, 15) is 9.59 Å². The molecule has 2 atom stereocenters. The quantitative estimate of drug-likeness (QED) is 0.0765. The van der Waals surface area contributed by atoms with Gasteiger partial charge in [-0.1, -0.05) is 0 Å². The number of nitrogens with zero attached hydrogens (tertiary/aromatic N) is 4. The fourth-order valence-electron chi connectivity index (χ4n) is 4.53. The zero-order chi connectivity index (χ0) is 26.6. The Morgan fingerprint density at radius 1 is 1.21 bits per heavy atom. The summed E-state index contributed by atoms with van der Waals surface area (Å²) in [5.74, 6) is 0.714. The summed E-state index contributed by atoms with van der Waals surface area (Å²) >= 11 is 2.66. The second-order valence-electron chi connectivity index (χ2n) is 9.34. The third-order valence-electron chi connectivity index (χ3n) is 6.37. The Morgan fingerprint density at radius 2 is 2.05 bits per heavy atom. The minimum absolute atomic E-state index is 0.0214. The normalized spacial score (nSPS) is 19.8. The molecule has 1 saturated carbocycles. The molecule has 8 nitrogen and oxygen atoms in total. The Labute approximate surface area is 281 Å². The van der Waals surface area contributed by atoms with Crippen molar-refractivity contribution >= 4 is 68.4 Å². The molecule has 1 aliphatic carbocycles. The molecule has 0 bridgehead atoms. The van der Waals surface area contributed by atoms with E-state index in [1.807, 2.05) is 44.1 Å². The average molecular weight is 1080 g/mol. The molecule has 1 aliphatic heterocycles. The van der Waals surface area contributed by atoms with E-state index in [4.69, 9.17) is 8.05 Å². The van der Waals surface area contributed by atoms with Crippen molar-refractivity contribution in [1.82, 2.24) is 14.1 Å². The van der Waals surface area contributed by atoms with Gasteiger partial charge in [0.25, 0.3) is 0 Å². The SMILES string of the molecule is CC1CCCCC([I-]c2nc3cc([I-]N(I)CCOI)ccc3c(=O)n2[I-]c2cnc3c(c2)NC(=O)C3)C1. The van der Waals surface area contributed by atoms with Gasteiger partial charge in [-0.05, 0) is 0 Å². The van der Waals surface area contributed by atoms with E-state index in [0.717, 1.165) is 36.8 Å². The number of rotatable bonds is 9. The number of amides is 1. The first-order valence-corrected chi connectivity index (χ1v) is 20.6. The van der Waals surface area contributed by atoms with Crippen molar-refractivity contribution < 1.29 is 72.0 Å². The number of alkyl halides is 1. The molecule has 1 amide bonds. The minimum atomic E-state index is -0.850. The zero-order valence-electron chi connectivity index (χ0n) is 20.6. The predicted octanol–water partition coefficient (Wildman–Crippen LogP) is -4.57. The van der Waals surface area contributed by atoms with E-state index in [2.05, 4.69) is 53.5 Å². The molecule has 38 heavy (non-hydrogen) atoms. The molecule has 1 N–H and O–H groups in total. The van der Waals surface area contributed by atoms with Crippen molar-refractivity contribution in [3.63, 3.8) is 0 Å².